The lowest BCUT2D eigenvalue weighted by Gasteiger charge is -2.22. The first kappa shape index (κ1) is 13.7. The third-order valence-corrected chi connectivity index (χ3v) is 3.02. The summed E-state index contributed by atoms with van der Waals surface area (Å²) in [6.07, 6.45) is 0. The summed E-state index contributed by atoms with van der Waals surface area (Å²) in [6.45, 7) is 8.55. The Bertz CT molecular complexity index is 422. The van der Waals surface area contributed by atoms with Gasteiger partial charge in [0.25, 0.3) is 0 Å². The summed E-state index contributed by atoms with van der Waals surface area (Å²) in [5, 5.41) is 4.41. The van der Waals surface area contributed by atoms with Crippen molar-refractivity contribution in [2.45, 2.75) is 40.8 Å². The third kappa shape index (κ3) is 2.66. The maximum Gasteiger partial charge on any atom is 0.313 e. The molecule has 0 fully saturated rings. The fraction of sp³-hybridized carbons (Fsp3) is 0.667. The van der Waals surface area contributed by atoms with Crippen molar-refractivity contribution in [3.8, 4) is 0 Å². The highest BCUT2D eigenvalue weighted by molar-refractivity contribution is 5.75. The minimum atomic E-state index is -0.593. The first-order valence-corrected chi connectivity index (χ1v) is 5.65. The predicted octanol–water partition coefficient (Wildman–Crippen LogP) is 1.16. The second kappa shape index (κ2) is 4.87. The molecule has 2 N–H and O–H groups in total. The Morgan fingerprint density at radius 3 is 2.47 bits per heavy atom. The van der Waals surface area contributed by atoms with Gasteiger partial charge >= 0.3 is 5.97 Å². The van der Waals surface area contributed by atoms with Crippen LogP contribution in [0.3, 0.4) is 0 Å². The second-order valence-electron chi connectivity index (χ2n) is 4.89. The summed E-state index contributed by atoms with van der Waals surface area (Å²) >= 11 is 0. The molecule has 0 spiro atoms. The van der Waals surface area contributed by atoms with Crippen molar-refractivity contribution in [1.29, 1.82) is 0 Å². The van der Waals surface area contributed by atoms with E-state index >= 15 is 0 Å². The quantitative estimate of drug-likeness (QED) is 0.800. The minimum Gasteiger partial charge on any atom is -0.469 e. The number of esters is 1. The summed E-state index contributed by atoms with van der Waals surface area (Å²) < 4.78 is 6.61. The number of carbonyl (C=O) groups is 1. The van der Waals surface area contributed by atoms with Crippen LogP contribution in [-0.4, -0.2) is 22.9 Å². The van der Waals surface area contributed by atoms with Crippen molar-refractivity contribution < 1.29 is 9.53 Å². The number of nitrogens with two attached hydrogens (primary N) is 1. The largest absolute Gasteiger partial charge is 0.469 e. The molecule has 0 unspecified atom stereocenters. The predicted molar refractivity (Wildman–Crippen MR) is 65.4 cm³/mol. The molecule has 0 saturated heterocycles. The van der Waals surface area contributed by atoms with Gasteiger partial charge in [0.1, 0.15) is 0 Å². The van der Waals surface area contributed by atoms with Gasteiger partial charge in [0.15, 0.2) is 0 Å². The molecule has 1 aromatic rings. The van der Waals surface area contributed by atoms with E-state index < -0.39 is 5.41 Å². The minimum absolute atomic E-state index is 0.237. The van der Waals surface area contributed by atoms with Crippen LogP contribution in [-0.2, 0) is 22.6 Å². The zero-order valence-electron chi connectivity index (χ0n) is 11.2. The van der Waals surface area contributed by atoms with E-state index in [0.29, 0.717) is 13.1 Å². The van der Waals surface area contributed by atoms with Crippen molar-refractivity contribution >= 4 is 5.97 Å². The second-order valence-corrected chi connectivity index (χ2v) is 4.89. The van der Waals surface area contributed by atoms with Gasteiger partial charge < -0.3 is 10.5 Å². The first-order chi connectivity index (χ1) is 7.83. The molecular formula is C12H21N3O2. The van der Waals surface area contributed by atoms with E-state index in [1.807, 2.05) is 32.4 Å². The van der Waals surface area contributed by atoms with Crippen LogP contribution in [0.15, 0.2) is 0 Å². The van der Waals surface area contributed by atoms with Gasteiger partial charge in [-0.05, 0) is 27.7 Å². The van der Waals surface area contributed by atoms with Gasteiger partial charge in [-0.1, -0.05) is 0 Å². The highest BCUT2D eigenvalue weighted by Crippen LogP contribution is 2.22. The first-order valence-electron chi connectivity index (χ1n) is 5.65. The molecule has 0 aromatic carbocycles. The number of methoxy groups -OCH3 is 1. The van der Waals surface area contributed by atoms with Crippen molar-refractivity contribution in [1.82, 2.24) is 9.78 Å². The molecule has 96 valence electrons. The van der Waals surface area contributed by atoms with Gasteiger partial charge in [0, 0.05) is 17.8 Å². The Kier molecular flexibility index (Phi) is 3.93. The molecule has 1 aromatic heterocycles. The van der Waals surface area contributed by atoms with Crippen LogP contribution in [0.5, 0.6) is 0 Å². The Balaban J connectivity index is 3.00. The topological polar surface area (TPSA) is 70.1 Å². The number of ether oxygens (including phenoxy) is 1. The van der Waals surface area contributed by atoms with Gasteiger partial charge in [0.05, 0.1) is 24.8 Å². The molecule has 0 saturated carbocycles. The molecule has 0 amide bonds. The van der Waals surface area contributed by atoms with Crippen molar-refractivity contribution in [2.75, 3.05) is 7.11 Å². The van der Waals surface area contributed by atoms with E-state index in [0.717, 1.165) is 17.0 Å². The van der Waals surface area contributed by atoms with E-state index in [-0.39, 0.29) is 5.97 Å². The molecule has 0 bridgehead atoms. The molecule has 0 aliphatic carbocycles. The van der Waals surface area contributed by atoms with E-state index in [9.17, 15) is 4.79 Å². The van der Waals surface area contributed by atoms with Gasteiger partial charge in [0.2, 0.25) is 0 Å². The fourth-order valence-electron chi connectivity index (χ4n) is 1.90. The maximum absolute atomic E-state index is 11.6. The molecule has 5 heteroatoms. The molecule has 5 nitrogen and oxygen atoms in total. The van der Waals surface area contributed by atoms with Crippen LogP contribution in [0.4, 0.5) is 0 Å². The smallest absolute Gasteiger partial charge is 0.313 e. The molecule has 1 rings (SSSR count). The van der Waals surface area contributed by atoms with Crippen LogP contribution < -0.4 is 5.73 Å². The zero-order valence-corrected chi connectivity index (χ0v) is 11.2. The average molecular weight is 239 g/mol. The van der Waals surface area contributed by atoms with Crippen molar-refractivity contribution in [2.24, 2.45) is 11.1 Å². The number of nitrogens with zero attached hydrogens (tertiary/aromatic N) is 2. The summed E-state index contributed by atoms with van der Waals surface area (Å²) in [4.78, 5) is 11.6. The average Bonchev–Trinajstić information content (AvgIpc) is 2.52. The molecule has 0 aliphatic rings. The van der Waals surface area contributed by atoms with Gasteiger partial charge in [-0.25, -0.2) is 0 Å². The standard InChI is InChI=1S/C12H21N3O2/c1-8-10(6-13)9(2)15(14-8)7-12(3,4)11(16)17-5/h6-7,13H2,1-5H3. The Morgan fingerprint density at radius 1 is 1.47 bits per heavy atom. The summed E-state index contributed by atoms with van der Waals surface area (Å²) in [5.41, 5.74) is 8.06. The van der Waals surface area contributed by atoms with Gasteiger partial charge in [-0.2, -0.15) is 5.10 Å². The highest BCUT2D eigenvalue weighted by atomic mass is 16.5. The monoisotopic (exact) mass is 239 g/mol. The maximum atomic E-state index is 11.6. The van der Waals surface area contributed by atoms with E-state index in [2.05, 4.69) is 5.10 Å². The number of rotatable bonds is 4. The number of carbonyl (C=O) groups excluding carboxylic acids is 1. The van der Waals surface area contributed by atoms with E-state index in [1.165, 1.54) is 7.11 Å². The van der Waals surface area contributed by atoms with Crippen LogP contribution >= 0.6 is 0 Å². The molecule has 17 heavy (non-hydrogen) atoms. The third-order valence-electron chi connectivity index (χ3n) is 3.02. The fourth-order valence-corrected chi connectivity index (χ4v) is 1.90. The van der Waals surface area contributed by atoms with E-state index in [1.54, 1.807) is 0 Å². The molecule has 1 heterocycles. The normalized spacial score (nSPS) is 11.6. The lowest BCUT2D eigenvalue weighted by Crippen LogP contribution is -2.31. The van der Waals surface area contributed by atoms with Crippen molar-refractivity contribution in [3.63, 3.8) is 0 Å². The molecule has 0 radical (unpaired) electrons. The summed E-state index contributed by atoms with van der Waals surface area (Å²) in [5.74, 6) is -0.237. The SMILES string of the molecule is COC(=O)C(C)(C)Cn1nc(C)c(CN)c1C. The number of hydrogen-bond acceptors (Lipinski definition) is 4. The summed E-state index contributed by atoms with van der Waals surface area (Å²) in [6, 6.07) is 0. The van der Waals surface area contributed by atoms with Crippen molar-refractivity contribution in [3.05, 3.63) is 17.0 Å². The van der Waals surface area contributed by atoms with Crippen LogP contribution in [0.25, 0.3) is 0 Å². The molecular weight excluding hydrogens is 218 g/mol. The number of aromatic nitrogens is 2. The van der Waals surface area contributed by atoms with Crippen LogP contribution in [0, 0.1) is 19.3 Å². The van der Waals surface area contributed by atoms with Crippen LogP contribution in [0.1, 0.15) is 30.8 Å². The Morgan fingerprint density at radius 2 is 2.06 bits per heavy atom. The lowest BCUT2D eigenvalue weighted by molar-refractivity contribution is -0.151. The lowest BCUT2D eigenvalue weighted by atomic mass is 9.94. The summed E-state index contributed by atoms with van der Waals surface area (Å²) in [7, 11) is 1.40. The molecule has 0 aliphatic heterocycles. The number of hydrogen-bond donors (Lipinski definition) is 1. The van der Waals surface area contributed by atoms with Gasteiger partial charge in [-0.15, -0.1) is 0 Å². The van der Waals surface area contributed by atoms with E-state index in [4.69, 9.17) is 10.5 Å². The number of aryl methyl sites for hydroxylation is 1. The molecule has 0 atom stereocenters. The zero-order chi connectivity index (χ0) is 13.2. The Labute approximate surface area is 102 Å². The van der Waals surface area contributed by atoms with Crippen LogP contribution in [0.2, 0.25) is 0 Å². The van der Waals surface area contributed by atoms with Gasteiger partial charge in [-0.3, -0.25) is 9.48 Å². The highest BCUT2D eigenvalue weighted by Gasteiger charge is 2.30. The Hall–Kier alpha value is -1.36.